The lowest BCUT2D eigenvalue weighted by atomic mass is 10.1. The fraction of sp³-hybridized carbons (Fsp3) is 0.333. The average molecular weight is 303 g/mol. The Labute approximate surface area is 119 Å². The highest BCUT2D eigenvalue weighted by Crippen LogP contribution is 2.32. The molecule has 0 aliphatic rings. The van der Waals surface area contributed by atoms with Gasteiger partial charge in [0, 0.05) is 11.3 Å². The molecular formula is C12H12Cl2N2O3. The molecule has 0 saturated heterocycles. The van der Waals surface area contributed by atoms with E-state index in [1.165, 1.54) is 18.9 Å². The fourth-order valence-electron chi connectivity index (χ4n) is 1.80. The van der Waals surface area contributed by atoms with Gasteiger partial charge in [-0.1, -0.05) is 11.6 Å². The molecule has 0 amide bonds. The molecule has 1 heterocycles. The molecule has 1 aromatic heterocycles. The molecule has 7 heteroatoms. The van der Waals surface area contributed by atoms with Crippen LogP contribution >= 0.6 is 23.2 Å². The molecular weight excluding hydrogens is 291 g/mol. The number of aromatic nitrogens is 2. The smallest absolute Gasteiger partial charge is 0.274 e. The highest BCUT2D eigenvalue weighted by atomic mass is 35.5. The van der Waals surface area contributed by atoms with Crippen molar-refractivity contribution in [1.29, 1.82) is 0 Å². The van der Waals surface area contributed by atoms with Crippen molar-refractivity contribution >= 4 is 34.0 Å². The van der Waals surface area contributed by atoms with E-state index < -0.39 is 0 Å². The Kier molecular flexibility index (Phi) is 4.17. The van der Waals surface area contributed by atoms with Crippen molar-refractivity contribution in [2.75, 3.05) is 20.1 Å². The molecule has 0 aliphatic carbocycles. The Morgan fingerprint density at radius 1 is 1.21 bits per heavy atom. The minimum atomic E-state index is -0.263. The summed E-state index contributed by atoms with van der Waals surface area (Å²) in [4.78, 5) is 12.2. The minimum Gasteiger partial charge on any atom is -0.493 e. The van der Waals surface area contributed by atoms with Crippen LogP contribution in [0.25, 0.3) is 10.8 Å². The standard InChI is InChI=1S/C12H12Cl2N2O3/c1-18-9-5-7-8(6-10(9)19-2)12(17)16(4-3-13)15-11(7)14/h5-6H,3-4H2,1-2H3. The van der Waals surface area contributed by atoms with Crippen LogP contribution in [0, 0.1) is 0 Å². The van der Waals surface area contributed by atoms with Crippen LogP contribution in [0.5, 0.6) is 11.5 Å². The number of hydrogen-bond acceptors (Lipinski definition) is 4. The van der Waals surface area contributed by atoms with Crippen molar-refractivity contribution in [2.45, 2.75) is 6.54 Å². The van der Waals surface area contributed by atoms with Crippen LogP contribution in [0.4, 0.5) is 0 Å². The van der Waals surface area contributed by atoms with E-state index in [4.69, 9.17) is 32.7 Å². The first-order valence-electron chi connectivity index (χ1n) is 5.50. The number of methoxy groups -OCH3 is 2. The van der Waals surface area contributed by atoms with E-state index in [0.717, 1.165) is 0 Å². The summed E-state index contributed by atoms with van der Waals surface area (Å²) >= 11 is 11.7. The molecule has 1 aromatic carbocycles. The van der Waals surface area contributed by atoms with Gasteiger partial charge in [0.15, 0.2) is 16.7 Å². The maximum Gasteiger partial charge on any atom is 0.274 e. The van der Waals surface area contributed by atoms with Gasteiger partial charge < -0.3 is 9.47 Å². The van der Waals surface area contributed by atoms with Gasteiger partial charge in [0.2, 0.25) is 0 Å². The summed E-state index contributed by atoms with van der Waals surface area (Å²) in [6.07, 6.45) is 0. The fourth-order valence-corrected chi connectivity index (χ4v) is 2.21. The predicted octanol–water partition coefficient (Wildman–Crippen LogP) is 2.31. The first-order chi connectivity index (χ1) is 9.12. The maximum atomic E-state index is 12.2. The highest BCUT2D eigenvalue weighted by molar-refractivity contribution is 6.34. The van der Waals surface area contributed by atoms with E-state index in [-0.39, 0.29) is 16.6 Å². The summed E-state index contributed by atoms with van der Waals surface area (Å²) in [5.74, 6) is 1.24. The second kappa shape index (κ2) is 5.67. The summed E-state index contributed by atoms with van der Waals surface area (Å²) in [6.45, 7) is 0.296. The number of rotatable bonds is 4. The molecule has 0 saturated carbocycles. The molecule has 0 spiro atoms. The molecule has 0 atom stereocenters. The zero-order valence-electron chi connectivity index (χ0n) is 10.4. The Morgan fingerprint density at radius 3 is 2.32 bits per heavy atom. The first kappa shape index (κ1) is 14.0. The van der Waals surface area contributed by atoms with E-state index in [1.807, 2.05) is 0 Å². The Morgan fingerprint density at radius 2 is 1.79 bits per heavy atom. The molecule has 19 heavy (non-hydrogen) atoms. The van der Waals surface area contributed by atoms with Crippen molar-refractivity contribution in [3.63, 3.8) is 0 Å². The number of nitrogens with zero attached hydrogens (tertiary/aromatic N) is 2. The Balaban J connectivity index is 2.80. The van der Waals surface area contributed by atoms with Gasteiger partial charge in [0.1, 0.15) is 0 Å². The van der Waals surface area contributed by atoms with E-state index >= 15 is 0 Å². The lowest BCUT2D eigenvalue weighted by molar-refractivity contribution is 0.355. The van der Waals surface area contributed by atoms with E-state index in [0.29, 0.717) is 28.8 Å². The zero-order valence-corrected chi connectivity index (χ0v) is 12.0. The minimum absolute atomic E-state index is 0.223. The van der Waals surface area contributed by atoms with Crippen LogP contribution in [0.15, 0.2) is 16.9 Å². The molecule has 0 N–H and O–H groups in total. The van der Waals surface area contributed by atoms with Gasteiger partial charge >= 0.3 is 0 Å². The van der Waals surface area contributed by atoms with Gasteiger partial charge in [0.25, 0.3) is 5.56 Å². The summed E-state index contributed by atoms with van der Waals surface area (Å²) in [6, 6.07) is 3.23. The number of halogens is 2. The second-order valence-corrected chi connectivity index (χ2v) is 4.50. The topological polar surface area (TPSA) is 53.4 Å². The van der Waals surface area contributed by atoms with Crippen LogP contribution in [0.2, 0.25) is 5.15 Å². The number of hydrogen-bond donors (Lipinski definition) is 0. The SMILES string of the molecule is COc1cc2c(Cl)nn(CCCl)c(=O)c2cc1OC. The van der Waals surface area contributed by atoms with Crippen LogP contribution in [-0.2, 0) is 6.54 Å². The largest absolute Gasteiger partial charge is 0.493 e. The third kappa shape index (κ3) is 2.48. The van der Waals surface area contributed by atoms with Crippen molar-refractivity contribution in [3.05, 3.63) is 27.6 Å². The molecule has 0 aliphatic heterocycles. The normalized spacial score (nSPS) is 10.7. The average Bonchev–Trinajstić information content (AvgIpc) is 2.43. The van der Waals surface area contributed by atoms with Crippen molar-refractivity contribution in [1.82, 2.24) is 9.78 Å². The van der Waals surface area contributed by atoms with Crippen LogP contribution < -0.4 is 15.0 Å². The molecule has 2 rings (SSSR count). The number of ether oxygens (including phenoxy) is 2. The summed E-state index contributed by atoms with van der Waals surface area (Å²) in [5, 5.41) is 5.18. The number of alkyl halides is 1. The van der Waals surface area contributed by atoms with E-state index in [9.17, 15) is 4.79 Å². The molecule has 0 radical (unpaired) electrons. The molecule has 102 valence electrons. The van der Waals surface area contributed by atoms with Gasteiger partial charge in [-0.05, 0) is 12.1 Å². The number of benzene rings is 1. The van der Waals surface area contributed by atoms with Crippen LogP contribution in [0.1, 0.15) is 0 Å². The second-order valence-electron chi connectivity index (χ2n) is 3.76. The third-order valence-corrected chi connectivity index (χ3v) is 3.16. The van der Waals surface area contributed by atoms with Crippen LogP contribution in [-0.4, -0.2) is 29.9 Å². The Hall–Kier alpha value is -1.46. The maximum absolute atomic E-state index is 12.2. The van der Waals surface area contributed by atoms with Crippen molar-refractivity contribution in [3.8, 4) is 11.5 Å². The van der Waals surface area contributed by atoms with Crippen molar-refractivity contribution < 1.29 is 9.47 Å². The van der Waals surface area contributed by atoms with Gasteiger partial charge in [-0.2, -0.15) is 5.10 Å². The molecule has 0 fully saturated rings. The van der Waals surface area contributed by atoms with Crippen molar-refractivity contribution in [2.24, 2.45) is 0 Å². The van der Waals surface area contributed by atoms with Gasteiger partial charge in [-0.25, -0.2) is 4.68 Å². The summed E-state index contributed by atoms with van der Waals surface area (Å²) in [7, 11) is 3.02. The Bertz CT molecular complexity index is 670. The lowest BCUT2D eigenvalue weighted by Gasteiger charge is -2.11. The van der Waals surface area contributed by atoms with Gasteiger partial charge in [0.05, 0.1) is 26.2 Å². The molecule has 0 unspecified atom stereocenters. The summed E-state index contributed by atoms with van der Waals surface area (Å²) < 4.78 is 11.6. The first-order valence-corrected chi connectivity index (χ1v) is 6.42. The van der Waals surface area contributed by atoms with Gasteiger partial charge in [-0.3, -0.25) is 4.79 Å². The van der Waals surface area contributed by atoms with Gasteiger partial charge in [-0.15, -0.1) is 11.6 Å². The number of fused-ring (bicyclic) bond motifs is 1. The van der Waals surface area contributed by atoms with E-state index in [2.05, 4.69) is 5.10 Å². The molecule has 5 nitrogen and oxygen atoms in total. The van der Waals surface area contributed by atoms with E-state index in [1.54, 1.807) is 12.1 Å². The highest BCUT2D eigenvalue weighted by Gasteiger charge is 2.14. The lowest BCUT2D eigenvalue weighted by Crippen LogP contribution is -2.24. The quantitative estimate of drug-likeness (QED) is 0.813. The monoisotopic (exact) mass is 302 g/mol. The van der Waals surface area contributed by atoms with Crippen LogP contribution in [0.3, 0.4) is 0 Å². The number of aryl methyl sites for hydroxylation is 1. The summed E-state index contributed by atoms with van der Waals surface area (Å²) in [5.41, 5.74) is -0.263. The molecule has 2 aromatic rings. The third-order valence-electron chi connectivity index (χ3n) is 2.72. The zero-order chi connectivity index (χ0) is 14.0. The predicted molar refractivity (Wildman–Crippen MR) is 74.8 cm³/mol. The molecule has 0 bridgehead atoms.